The molecule has 0 amide bonds. The summed E-state index contributed by atoms with van der Waals surface area (Å²) in [7, 11) is 0. The number of aromatic amines is 1. The SMILES string of the molecule is C=C(O)CC(C)c1ccc(N(CC(C)C)CC(C)C)c(Nc2nc3ccccc3[nH]2)c1. The van der Waals surface area contributed by atoms with E-state index >= 15 is 0 Å². The Morgan fingerprint density at radius 2 is 1.74 bits per heavy atom. The van der Waals surface area contributed by atoms with Gasteiger partial charge in [0.05, 0.1) is 28.2 Å². The van der Waals surface area contributed by atoms with Crippen LogP contribution in [0.25, 0.3) is 11.0 Å². The molecule has 166 valence electrons. The maximum Gasteiger partial charge on any atom is 0.205 e. The second kappa shape index (κ2) is 9.90. The van der Waals surface area contributed by atoms with Crippen LogP contribution in [0.1, 0.15) is 52.5 Å². The Labute approximate surface area is 186 Å². The number of allylic oxidation sites excluding steroid dienone is 1. The molecule has 2 aromatic carbocycles. The van der Waals surface area contributed by atoms with Gasteiger partial charge < -0.3 is 20.3 Å². The number of aromatic nitrogens is 2. The summed E-state index contributed by atoms with van der Waals surface area (Å²) in [5.74, 6) is 2.21. The lowest BCUT2D eigenvalue weighted by Gasteiger charge is -2.31. The first-order chi connectivity index (χ1) is 14.7. The van der Waals surface area contributed by atoms with Gasteiger partial charge in [0.15, 0.2) is 0 Å². The molecule has 0 bridgehead atoms. The summed E-state index contributed by atoms with van der Waals surface area (Å²) >= 11 is 0. The molecule has 0 fully saturated rings. The van der Waals surface area contributed by atoms with Crippen LogP contribution in [0.15, 0.2) is 54.8 Å². The zero-order chi connectivity index (χ0) is 22.5. The number of H-pyrrole nitrogens is 1. The van der Waals surface area contributed by atoms with Gasteiger partial charge in [-0.25, -0.2) is 4.98 Å². The van der Waals surface area contributed by atoms with Crippen molar-refractivity contribution in [3.8, 4) is 0 Å². The van der Waals surface area contributed by atoms with Gasteiger partial charge in [0.25, 0.3) is 0 Å². The van der Waals surface area contributed by atoms with Crippen molar-refractivity contribution < 1.29 is 5.11 Å². The largest absolute Gasteiger partial charge is 0.513 e. The van der Waals surface area contributed by atoms with Gasteiger partial charge in [0.1, 0.15) is 0 Å². The number of para-hydroxylation sites is 2. The summed E-state index contributed by atoms with van der Waals surface area (Å²) in [6.07, 6.45) is 0.547. The maximum atomic E-state index is 9.68. The Morgan fingerprint density at radius 1 is 1.06 bits per heavy atom. The minimum atomic E-state index is 0.173. The number of nitrogens with zero attached hydrogens (tertiary/aromatic N) is 2. The monoisotopic (exact) mass is 420 g/mol. The molecule has 1 atom stereocenters. The zero-order valence-corrected chi connectivity index (χ0v) is 19.4. The van der Waals surface area contributed by atoms with Gasteiger partial charge in [-0.1, -0.05) is 59.4 Å². The van der Waals surface area contributed by atoms with E-state index in [4.69, 9.17) is 4.98 Å². The normalized spacial score (nSPS) is 12.5. The average Bonchev–Trinajstić information content (AvgIpc) is 3.08. The van der Waals surface area contributed by atoms with Gasteiger partial charge in [-0.05, 0) is 47.6 Å². The molecule has 3 rings (SSSR count). The number of rotatable bonds is 10. The van der Waals surface area contributed by atoms with E-state index in [1.165, 1.54) is 5.69 Å². The summed E-state index contributed by atoms with van der Waals surface area (Å²) in [6, 6.07) is 14.6. The lowest BCUT2D eigenvalue weighted by molar-refractivity contribution is 0.380. The summed E-state index contributed by atoms with van der Waals surface area (Å²) in [4.78, 5) is 10.5. The number of aliphatic hydroxyl groups excluding tert-OH is 1. The van der Waals surface area contributed by atoms with E-state index in [0.717, 1.165) is 41.3 Å². The van der Waals surface area contributed by atoms with Crippen LogP contribution in [0.3, 0.4) is 0 Å². The van der Waals surface area contributed by atoms with Crippen LogP contribution in [0.5, 0.6) is 0 Å². The van der Waals surface area contributed by atoms with Crippen LogP contribution < -0.4 is 10.2 Å². The van der Waals surface area contributed by atoms with Crippen LogP contribution in [-0.4, -0.2) is 28.2 Å². The first-order valence-electron chi connectivity index (χ1n) is 11.2. The Morgan fingerprint density at radius 3 is 2.35 bits per heavy atom. The third-order valence-electron chi connectivity index (χ3n) is 5.29. The number of hydrogen-bond donors (Lipinski definition) is 3. The second-order valence-corrected chi connectivity index (χ2v) is 9.37. The molecule has 5 nitrogen and oxygen atoms in total. The number of hydrogen-bond acceptors (Lipinski definition) is 4. The van der Waals surface area contributed by atoms with E-state index in [0.29, 0.717) is 18.3 Å². The number of fused-ring (bicyclic) bond motifs is 1. The van der Waals surface area contributed by atoms with Crippen LogP contribution >= 0.6 is 0 Å². The van der Waals surface area contributed by atoms with Gasteiger partial charge in [-0.15, -0.1) is 0 Å². The molecule has 0 aliphatic heterocycles. The third-order valence-corrected chi connectivity index (χ3v) is 5.29. The lowest BCUT2D eigenvalue weighted by Crippen LogP contribution is -2.31. The predicted molar refractivity (Wildman–Crippen MR) is 133 cm³/mol. The smallest absolute Gasteiger partial charge is 0.205 e. The molecule has 0 aliphatic rings. The van der Waals surface area contributed by atoms with Crippen molar-refractivity contribution in [3.05, 3.63) is 60.4 Å². The molecule has 0 spiro atoms. The highest BCUT2D eigenvalue weighted by molar-refractivity contribution is 5.81. The molecule has 1 aromatic heterocycles. The Bertz CT molecular complexity index is 978. The van der Waals surface area contributed by atoms with Crippen molar-refractivity contribution in [2.24, 2.45) is 11.8 Å². The van der Waals surface area contributed by atoms with E-state index in [2.05, 4.69) is 74.6 Å². The first-order valence-corrected chi connectivity index (χ1v) is 11.2. The van der Waals surface area contributed by atoms with Crippen molar-refractivity contribution >= 4 is 28.4 Å². The summed E-state index contributed by atoms with van der Waals surface area (Å²) < 4.78 is 0. The molecule has 5 heteroatoms. The highest BCUT2D eigenvalue weighted by Gasteiger charge is 2.18. The minimum Gasteiger partial charge on any atom is -0.513 e. The molecule has 0 radical (unpaired) electrons. The molecule has 3 aromatic rings. The Kier molecular flexibility index (Phi) is 7.26. The van der Waals surface area contributed by atoms with E-state index in [9.17, 15) is 5.11 Å². The van der Waals surface area contributed by atoms with Gasteiger partial charge in [-0.2, -0.15) is 0 Å². The van der Waals surface area contributed by atoms with E-state index in [1.54, 1.807) is 0 Å². The quantitative estimate of drug-likeness (QED) is 0.309. The summed E-state index contributed by atoms with van der Waals surface area (Å²) in [6.45, 7) is 16.8. The highest BCUT2D eigenvalue weighted by Crippen LogP contribution is 2.34. The first kappa shape index (κ1) is 22.7. The van der Waals surface area contributed by atoms with Crippen molar-refractivity contribution in [2.75, 3.05) is 23.3 Å². The van der Waals surface area contributed by atoms with Crippen molar-refractivity contribution in [1.82, 2.24) is 9.97 Å². The maximum absolute atomic E-state index is 9.68. The van der Waals surface area contributed by atoms with Gasteiger partial charge >= 0.3 is 0 Å². The molecule has 1 heterocycles. The summed E-state index contributed by atoms with van der Waals surface area (Å²) in [5, 5.41) is 13.2. The number of anilines is 3. The Hall–Kier alpha value is -2.95. The van der Waals surface area contributed by atoms with Crippen molar-refractivity contribution in [1.29, 1.82) is 0 Å². The number of nitrogens with one attached hydrogen (secondary N) is 2. The third kappa shape index (κ3) is 6.03. The molecular formula is C26H36N4O. The topological polar surface area (TPSA) is 64.2 Å². The second-order valence-electron chi connectivity index (χ2n) is 9.37. The molecule has 0 saturated heterocycles. The molecule has 0 saturated carbocycles. The number of benzene rings is 2. The van der Waals surface area contributed by atoms with Crippen LogP contribution in [0.2, 0.25) is 0 Å². The minimum absolute atomic E-state index is 0.173. The molecule has 31 heavy (non-hydrogen) atoms. The van der Waals surface area contributed by atoms with Crippen LogP contribution in [0.4, 0.5) is 17.3 Å². The van der Waals surface area contributed by atoms with Gasteiger partial charge in [0, 0.05) is 19.5 Å². The fourth-order valence-corrected chi connectivity index (χ4v) is 4.00. The number of imidazole rings is 1. The van der Waals surface area contributed by atoms with E-state index in [-0.39, 0.29) is 11.7 Å². The molecule has 0 aliphatic carbocycles. The van der Waals surface area contributed by atoms with Crippen LogP contribution in [0, 0.1) is 11.8 Å². The highest BCUT2D eigenvalue weighted by atomic mass is 16.3. The predicted octanol–water partition coefficient (Wildman–Crippen LogP) is 6.99. The van der Waals surface area contributed by atoms with E-state index < -0.39 is 0 Å². The van der Waals surface area contributed by atoms with Crippen molar-refractivity contribution in [3.63, 3.8) is 0 Å². The average molecular weight is 421 g/mol. The Balaban J connectivity index is 2.02. The molecular weight excluding hydrogens is 384 g/mol. The zero-order valence-electron chi connectivity index (χ0n) is 19.4. The molecule has 1 unspecified atom stereocenters. The lowest BCUT2D eigenvalue weighted by atomic mass is 9.95. The van der Waals surface area contributed by atoms with Crippen LogP contribution in [-0.2, 0) is 0 Å². The van der Waals surface area contributed by atoms with Gasteiger partial charge in [0.2, 0.25) is 5.95 Å². The number of aliphatic hydroxyl groups is 1. The molecule has 3 N–H and O–H groups in total. The van der Waals surface area contributed by atoms with Gasteiger partial charge in [-0.3, -0.25) is 0 Å². The summed E-state index contributed by atoms with van der Waals surface area (Å²) in [5.41, 5.74) is 5.30. The van der Waals surface area contributed by atoms with E-state index in [1.807, 2.05) is 24.3 Å². The fourth-order valence-electron chi connectivity index (χ4n) is 4.00. The fraction of sp³-hybridized carbons (Fsp3) is 0.423. The standard InChI is InChI=1S/C26H36N4O/c1-17(2)15-30(16-18(3)4)25-12-11-21(19(5)13-20(6)31)14-24(25)29-26-27-22-9-7-8-10-23(22)28-26/h7-12,14,17-19,31H,6,13,15-16H2,1-5H3,(H2,27,28,29). The van der Waals surface area contributed by atoms with Crippen molar-refractivity contribution in [2.45, 2.75) is 47.0 Å².